The Hall–Kier alpha value is -1.15. The lowest BCUT2D eigenvalue weighted by Gasteiger charge is -2.27. The first-order chi connectivity index (χ1) is 7.70. The summed E-state index contributed by atoms with van der Waals surface area (Å²) in [7, 11) is 0. The van der Waals surface area contributed by atoms with Gasteiger partial charge in [0.2, 0.25) is 5.91 Å². The van der Waals surface area contributed by atoms with E-state index in [4.69, 9.17) is 5.26 Å². The van der Waals surface area contributed by atoms with Crippen molar-refractivity contribution in [1.82, 2.24) is 10.2 Å². The minimum Gasteiger partial charge on any atom is -0.323 e. The Kier molecular flexibility index (Phi) is 3.39. The highest BCUT2D eigenvalue weighted by molar-refractivity contribution is 5.79. The largest absolute Gasteiger partial charge is 0.323 e. The van der Waals surface area contributed by atoms with Crippen LogP contribution in [0.3, 0.4) is 0 Å². The predicted molar refractivity (Wildman–Crippen MR) is 56.3 cm³/mol. The van der Waals surface area contributed by atoms with Gasteiger partial charge >= 0.3 is 0 Å². The van der Waals surface area contributed by atoms with E-state index < -0.39 is 12.2 Å². The van der Waals surface area contributed by atoms with Crippen LogP contribution in [0, 0.1) is 11.3 Å². The number of likely N-dealkylation sites (tertiary alicyclic amines) is 1. The smallest absolute Gasteiger partial charge is 0.237 e. The first-order valence-corrected chi connectivity index (χ1v) is 5.77. The normalized spacial score (nSPS) is 29.9. The van der Waals surface area contributed by atoms with Crippen LogP contribution >= 0.6 is 0 Å². The lowest BCUT2D eigenvalue weighted by molar-refractivity contribution is -0.130. The Morgan fingerprint density at radius 1 is 1.56 bits per heavy atom. The van der Waals surface area contributed by atoms with Crippen LogP contribution in [0.15, 0.2) is 0 Å². The van der Waals surface area contributed by atoms with Gasteiger partial charge in [0.1, 0.15) is 12.2 Å². The first kappa shape index (κ1) is 11.3. The van der Waals surface area contributed by atoms with Crippen molar-refractivity contribution >= 4 is 5.91 Å². The number of alkyl halides is 1. The van der Waals surface area contributed by atoms with Gasteiger partial charge in [-0.05, 0) is 12.8 Å². The molecule has 0 unspecified atom stereocenters. The van der Waals surface area contributed by atoms with Crippen LogP contribution in [0.5, 0.6) is 0 Å². The maximum Gasteiger partial charge on any atom is 0.237 e. The molecule has 2 rings (SSSR count). The van der Waals surface area contributed by atoms with Crippen LogP contribution in [0.4, 0.5) is 4.39 Å². The second kappa shape index (κ2) is 4.79. The van der Waals surface area contributed by atoms with Gasteiger partial charge in [0.05, 0.1) is 19.2 Å². The van der Waals surface area contributed by atoms with Gasteiger partial charge in [-0.15, -0.1) is 0 Å². The molecule has 0 aromatic carbocycles. The monoisotopic (exact) mass is 225 g/mol. The molecule has 4 nitrogen and oxygen atoms in total. The van der Waals surface area contributed by atoms with Crippen molar-refractivity contribution in [3.63, 3.8) is 0 Å². The van der Waals surface area contributed by atoms with E-state index in [0.29, 0.717) is 6.04 Å². The van der Waals surface area contributed by atoms with E-state index in [2.05, 4.69) is 5.32 Å². The summed E-state index contributed by atoms with van der Waals surface area (Å²) < 4.78 is 13.1. The molecule has 2 aliphatic rings. The molecule has 2 atom stereocenters. The van der Waals surface area contributed by atoms with Gasteiger partial charge in [-0.3, -0.25) is 4.79 Å². The van der Waals surface area contributed by atoms with Crippen LogP contribution in [0.2, 0.25) is 0 Å². The maximum absolute atomic E-state index is 13.1. The summed E-state index contributed by atoms with van der Waals surface area (Å²) in [6.07, 6.45) is 2.55. The van der Waals surface area contributed by atoms with E-state index in [0.717, 1.165) is 12.8 Å². The molecule has 0 bridgehead atoms. The lowest BCUT2D eigenvalue weighted by atomic mass is 9.93. The summed E-state index contributed by atoms with van der Waals surface area (Å²) >= 11 is 0. The number of rotatable bonds is 3. The van der Waals surface area contributed by atoms with Gasteiger partial charge < -0.3 is 10.2 Å². The van der Waals surface area contributed by atoms with Gasteiger partial charge in [-0.25, -0.2) is 4.39 Å². The third kappa shape index (κ3) is 2.33. The Morgan fingerprint density at radius 3 is 2.88 bits per heavy atom. The second-order valence-corrected chi connectivity index (χ2v) is 4.53. The van der Waals surface area contributed by atoms with Crippen molar-refractivity contribution in [3.8, 4) is 6.07 Å². The molecular formula is C11H16FN3O. The van der Waals surface area contributed by atoms with E-state index in [1.54, 1.807) is 0 Å². The number of nitrogens with one attached hydrogen (secondary N) is 1. The molecule has 1 aliphatic carbocycles. The molecule has 1 aliphatic heterocycles. The molecule has 1 saturated heterocycles. The zero-order valence-electron chi connectivity index (χ0n) is 9.16. The molecule has 88 valence electrons. The summed E-state index contributed by atoms with van der Waals surface area (Å²) in [4.78, 5) is 13.1. The van der Waals surface area contributed by atoms with Gasteiger partial charge in [-0.1, -0.05) is 6.42 Å². The zero-order chi connectivity index (χ0) is 11.5. The number of nitriles is 1. The minimum atomic E-state index is -1.04. The van der Waals surface area contributed by atoms with Crippen LogP contribution in [-0.4, -0.2) is 42.2 Å². The highest BCUT2D eigenvalue weighted by Crippen LogP contribution is 2.21. The molecule has 0 spiro atoms. The van der Waals surface area contributed by atoms with Gasteiger partial charge in [0.25, 0.3) is 0 Å². The molecule has 16 heavy (non-hydrogen) atoms. The molecule has 0 radical (unpaired) electrons. The number of carbonyl (C=O) groups excluding carboxylic acids is 1. The lowest BCUT2D eigenvalue weighted by Crippen LogP contribution is -2.45. The molecule has 1 amide bonds. The van der Waals surface area contributed by atoms with E-state index in [1.807, 2.05) is 6.07 Å². The fourth-order valence-electron chi connectivity index (χ4n) is 2.13. The summed E-state index contributed by atoms with van der Waals surface area (Å²) in [6, 6.07) is 1.84. The third-order valence-corrected chi connectivity index (χ3v) is 3.37. The second-order valence-electron chi connectivity index (χ2n) is 4.53. The fourth-order valence-corrected chi connectivity index (χ4v) is 2.13. The molecule has 2 fully saturated rings. The predicted octanol–water partition coefficient (Wildman–Crippen LogP) is 0.591. The molecule has 0 aromatic rings. The van der Waals surface area contributed by atoms with Crippen LogP contribution < -0.4 is 5.32 Å². The standard InChI is InChI=1S/C11H16FN3O/c12-8-4-10(5-13)15(7-8)11(16)6-14-9-2-1-3-9/h8-10,14H,1-4,6-7H2/t8-,10-/m0/s1. The summed E-state index contributed by atoms with van der Waals surface area (Å²) in [5, 5.41) is 11.9. The Balaban J connectivity index is 1.81. The van der Waals surface area contributed by atoms with Crippen LogP contribution in [-0.2, 0) is 4.79 Å². The van der Waals surface area contributed by atoms with E-state index in [9.17, 15) is 9.18 Å². The SMILES string of the molecule is N#C[C@@H]1C[C@H](F)CN1C(=O)CNC1CCC1. The molecular weight excluding hydrogens is 209 g/mol. The molecule has 0 aromatic heterocycles. The van der Waals surface area contributed by atoms with Crippen molar-refractivity contribution in [2.45, 2.75) is 43.9 Å². The van der Waals surface area contributed by atoms with Crippen molar-refractivity contribution in [1.29, 1.82) is 5.26 Å². The maximum atomic E-state index is 13.1. The zero-order valence-corrected chi connectivity index (χ0v) is 9.16. The first-order valence-electron chi connectivity index (χ1n) is 5.77. The molecule has 5 heteroatoms. The van der Waals surface area contributed by atoms with Crippen molar-refractivity contribution in [2.24, 2.45) is 0 Å². The van der Waals surface area contributed by atoms with E-state index in [1.165, 1.54) is 11.3 Å². The van der Waals surface area contributed by atoms with Gasteiger partial charge in [0.15, 0.2) is 0 Å². The average molecular weight is 225 g/mol. The van der Waals surface area contributed by atoms with Gasteiger partial charge in [-0.2, -0.15) is 5.26 Å². The highest BCUT2D eigenvalue weighted by Gasteiger charge is 2.35. The summed E-state index contributed by atoms with van der Waals surface area (Å²) in [5.41, 5.74) is 0. The Bertz CT molecular complexity index is 311. The Morgan fingerprint density at radius 2 is 2.31 bits per heavy atom. The molecule has 1 N–H and O–H groups in total. The van der Waals surface area contributed by atoms with Crippen molar-refractivity contribution < 1.29 is 9.18 Å². The number of halogens is 1. The number of nitrogens with zero attached hydrogens (tertiary/aromatic N) is 2. The summed E-state index contributed by atoms with van der Waals surface area (Å²) in [5.74, 6) is -0.154. The van der Waals surface area contributed by atoms with E-state index >= 15 is 0 Å². The van der Waals surface area contributed by atoms with Crippen LogP contribution in [0.1, 0.15) is 25.7 Å². The number of carbonyl (C=O) groups is 1. The van der Waals surface area contributed by atoms with E-state index in [-0.39, 0.29) is 25.4 Å². The Labute approximate surface area is 94.4 Å². The van der Waals surface area contributed by atoms with Gasteiger partial charge in [0, 0.05) is 12.5 Å². The fraction of sp³-hybridized carbons (Fsp3) is 0.818. The molecule has 1 saturated carbocycles. The average Bonchev–Trinajstić information content (AvgIpc) is 2.57. The van der Waals surface area contributed by atoms with Crippen molar-refractivity contribution in [3.05, 3.63) is 0 Å². The van der Waals surface area contributed by atoms with Crippen LogP contribution in [0.25, 0.3) is 0 Å². The van der Waals surface area contributed by atoms with Crippen molar-refractivity contribution in [2.75, 3.05) is 13.1 Å². The number of hydrogen-bond acceptors (Lipinski definition) is 3. The summed E-state index contributed by atoms with van der Waals surface area (Å²) in [6.45, 7) is 0.305. The number of hydrogen-bond donors (Lipinski definition) is 1. The minimum absolute atomic E-state index is 0.0728. The molecule has 1 heterocycles. The number of amides is 1. The topological polar surface area (TPSA) is 56.1 Å². The highest BCUT2D eigenvalue weighted by atomic mass is 19.1. The quantitative estimate of drug-likeness (QED) is 0.765. The third-order valence-electron chi connectivity index (χ3n) is 3.37.